The van der Waals surface area contributed by atoms with Crippen LogP contribution in [0.4, 0.5) is 26.3 Å². The van der Waals surface area contributed by atoms with E-state index in [-0.39, 0.29) is 37.6 Å². The number of carbonyl (C=O) groups excluding carboxylic acids is 4. The minimum atomic E-state index is -1.20. The second kappa shape index (κ2) is 16.9. The maximum atomic E-state index is 13.9. The van der Waals surface area contributed by atoms with E-state index in [2.05, 4.69) is 20.8 Å². The Balaban J connectivity index is 0.000000170. The molecule has 352 valence electrons. The van der Waals surface area contributed by atoms with Crippen molar-refractivity contribution < 1.29 is 55.7 Å². The zero-order valence-corrected chi connectivity index (χ0v) is 35.6. The van der Waals surface area contributed by atoms with Gasteiger partial charge in [-0.3, -0.25) is 38.1 Å². The van der Waals surface area contributed by atoms with E-state index in [1.165, 1.54) is 25.1 Å². The van der Waals surface area contributed by atoms with Crippen molar-refractivity contribution in [1.82, 2.24) is 49.1 Å². The Hall–Kier alpha value is -8.18. The van der Waals surface area contributed by atoms with Gasteiger partial charge in [0.05, 0.1) is 24.0 Å². The third-order valence-corrected chi connectivity index (χ3v) is 12.3. The Morgan fingerprint density at radius 2 is 1.10 bits per heavy atom. The Morgan fingerprint density at radius 1 is 0.662 bits per heavy atom. The predicted octanol–water partition coefficient (Wildman–Crippen LogP) is 2.78. The van der Waals surface area contributed by atoms with Gasteiger partial charge in [0, 0.05) is 137 Å². The number of nitrogens with one attached hydrogen (secondary N) is 2. The van der Waals surface area contributed by atoms with Gasteiger partial charge in [-0.05, 0) is 0 Å². The maximum Gasteiger partial charge on any atom is 0.274 e. The molecule has 8 heterocycles. The number of nitrogens with zero attached hydrogens (tertiary/aromatic N) is 8. The molecule has 10 rings (SSSR count). The first kappa shape index (κ1) is 45.0. The van der Waals surface area contributed by atoms with Crippen LogP contribution in [0.2, 0.25) is 0 Å². The molecule has 0 spiro atoms. The van der Waals surface area contributed by atoms with Crippen molar-refractivity contribution in [2.45, 2.75) is 51.1 Å². The molecule has 2 aromatic carbocycles. The van der Waals surface area contributed by atoms with Crippen LogP contribution in [0.5, 0.6) is 11.5 Å². The van der Waals surface area contributed by atoms with Crippen molar-refractivity contribution in [2.24, 2.45) is 14.1 Å². The molecule has 0 fully saturated rings. The molecule has 4 aliphatic heterocycles. The normalized spacial score (nSPS) is 16.6. The van der Waals surface area contributed by atoms with Crippen LogP contribution in [0, 0.1) is 34.9 Å². The molecule has 0 saturated carbocycles. The van der Waals surface area contributed by atoms with Gasteiger partial charge in [0.15, 0.2) is 22.9 Å². The van der Waals surface area contributed by atoms with Crippen molar-refractivity contribution in [3.8, 4) is 11.5 Å². The highest BCUT2D eigenvalue weighted by Gasteiger charge is 2.40. The smallest absolute Gasteiger partial charge is 0.274 e. The number of hydrogen-bond donors (Lipinski definition) is 4. The van der Waals surface area contributed by atoms with Gasteiger partial charge in [-0.15, -0.1) is 0 Å². The van der Waals surface area contributed by atoms with Gasteiger partial charge in [0.25, 0.3) is 23.6 Å². The summed E-state index contributed by atoms with van der Waals surface area (Å²) in [6, 6.07) is 1.09. The molecule has 4 aliphatic rings. The zero-order chi connectivity index (χ0) is 48.6. The van der Waals surface area contributed by atoms with E-state index in [0.717, 1.165) is 28.7 Å². The van der Waals surface area contributed by atoms with E-state index in [1.807, 2.05) is 0 Å². The van der Waals surface area contributed by atoms with Crippen LogP contribution in [0.15, 0.2) is 58.6 Å². The number of benzene rings is 2. The van der Waals surface area contributed by atoms with Gasteiger partial charge in [-0.25, -0.2) is 26.3 Å². The van der Waals surface area contributed by atoms with Crippen LogP contribution < -0.4 is 21.5 Å². The second-order valence-electron chi connectivity index (χ2n) is 16.6. The number of aryl methyl sites for hydroxylation is 2. The lowest BCUT2D eigenvalue weighted by molar-refractivity contribution is 0.0647. The Kier molecular flexibility index (Phi) is 11.2. The molecule has 18 nitrogen and oxygen atoms in total. The molecule has 68 heavy (non-hydrogen) atoms. The first-order valence-corrected chi connectivity index (χ1v) is 20.7. The fourth-order valence-electron chi connectivity index (χ4n) is 8.97. The van der Waals surface area contributed by atoms with E-state index in [4.69, 9.17) is 0 Å². The van der Waals surface area contributed by atoms with E-state index in [1.54, 1.807) is 35.9 Å². The summed E-state index contributed by atoms with van der Waals surface area (Å²) in [7, 11) is 3.52. The molecule has 24 heteroatoms. The molecule has 4 aromatic heterocycles. The summed E-state index contributed by atoms with van der Waals surface area (Å²) in [5, 5.41) is 34.2. The lowest BCUT2D eigenvalue weighted by Crippen LogP contribution is -2.44. The minimum absolute atomic E-state index is 0.228. The minimum Gasteiger partial charge on any atom is -0.503 e. The third-order valence-electron chi connectivity index (χ3n) is 12.3. The molecule has 4 bridgehead atoms. The van der Waals surface area contributed by atoms with Crippen LogP contribution >= 0.6 is 0 Å². The monoisotopic (exact) mass is 946 g/mol. The van der Waals surface area contributed by atoms with E-state index in [9.17, 15) is 65.3 Å². The first-order chi connectivity index (χ1) is 32.3. The number of hydrogen-bond acceptors (Lipinski definition) is 10. The van der Waals surface area contributed by atoms with Gasteiger partial charge < -0.3 is 39.8 Å². The quantitative estimate of drug-likeness (QED) is 0.179. The molecular formula is C44H36F6N10O8. The number of rotatable bonds is 6. The van der Waals surface area contributed by atoms with Crippen LogP contribution in [0.1, 0.15) is 87.4 Å². The van der Waals surface area contributed by atoms with Gasteiger partial charge in [-0.1, -0.05) is 0 Å². The lowest BCUT2D eigenvalue weighted by atomic mass is 10.0. The highest BCUT2D eigenvalue weighted by Crippen LogP contribution is 2.35. The summed E-state index contributed by atoms with van der Waals surface area (Å²) >= 11 is 0. The average molecular weight is 947 g/mol. The molecule has 4 N–H and O–H groups in total. The summed E-state index contributed by atoms with van der Waals surface area (Å²) in [5.41, 5.74) is -1.51. The van der Waals surface area contributed by atoms with Gasteiger partial charge in [0.2, 0.25) is 10.9 Å². The van der Waals surface area contributed by atoms with E-state index < -0.39 is 128 Å². The van der Waals surface area contributed by atoms with Crippen molar-refractivity contribution in [2.75, 3.05) is 13.1 Å². The lowest BCUT2D eigenvalue weighted by Gasteiger charge is -2.34. The number of halogens is 6. The number of pyridine rings is 2. The summed E-state index contributed by atoms with van der Waals surface area (Å²) < 4.78 is 87.9. The van der Waals surface area contributed by atoms with E-state index >= 15 is 0 Å². The zero-order valence-electron chi connectivity index (χ0n) is 35.6. The highest BCUT2D eigenvalue weighted by atomic mass is 19.2. The number of aromatic hydroxyl groups is 2. The van der Waals surface area contributed by atoms with Gasteiger partial charge in [0.1, 0.15) is 46.0 Å². The van der Waals surface area contributed by atoms with Crippen molar-refractivity contribution in [3.63, 3.8) is 0 Å². The maximum absolute atomic E-state index is 13.9. The third kappa shape index (κ3) is 7.79. The molecule has 0 aliphatic carbocycles. The fraction of sp³-hybridized carbons (Fsp3) is 0.273. The van der Waals surface area contributed by atoms with Crippen molar-refractivity contribution in [1.29, 1.82) is 0 Å². The number of amides is 4. The van der Waals surface area contributed by atoms with Crippen LogP contribution in [-0.2, 0) is 53.1 Å². The van der Waals surface area contributed by atoms with Gasteiger partial charge in [-0.2, -0.15) is 10.2 Å². The molecular weight excluding hydrogens is 911 g/mol. The molecule has 6 aromatic rings. The Bertz CT molecular complexity index is 3240. The first-order valence-electron chi connectivity index (χ1n) is 20.7. The number of carbonyl (C=O) groups is 4. The Labute approximate surface area is 378 Å². The van der Waals surface area contributed by atoms with Crippen molar-refractivity contribution in [3.05, 3.63) is 161 Å². The number of aromatic nitrogens is 6. The predicted molar refractivity (Wildman–Crippen MR) is 221 cm³/mol. The molecule has 4 amide bonds. The van der Waals surface area contributed by atoms with E-state index in [0.29, 0.717) is 37.1 Å². The molecule has 2 atom stereocenters. The van der Waals surface area contributed by atoms with Crippen LogP contribution in [0.3, 0.4) is 0 Å². The second-order valence-corrected chi connectivity index (χ2v) is 16.6. The Morgan fingerprint density at radius 3 is 1.57 bits per heavy atom. The van der Waals surface area contributed by atoms with Crippen LogP contribution in [0.25, 0.3) is 0 Å². The topological polar surface area (TPSA) is 219 Å². The highest BCUT2D eigenvalue weighted by molar-refractivity contribution is 6.00. The summed E-state index contributed by atoms with van der Waals surface area (Å²) in [6.45, 7) is -0.219. The fourth-order valence-corrected chi connectivity index (χ4v) is 8.97. The SMILES string of the molecule is Cn1cc2c(n1)C[C@H]1CN(C2)C(=O)c2c(O)c(=O)c(C(=O)NCc3c(F)cc(F)cc3F)cn21.Cn1ncc2c1C[C@H]1CN(C2)C(=O)c2c(O)c(=O)c(C(=O)NCc3c(F)cc(F)cc3F)cn21. The standard InChI is InChI=1S/2C22H18F3N5O4/c1-28-6-10-7-29-8-12(4-17(10)27-28)30-9-14(19(31)20(32)18(30)22(29)34)21(33)26-5-13-15(24)2-11(23)3-16(13)25;1-28-17-4-12-8-29(7-10(17)5-27-28)22(34)18-20(32)19(31)14(9-30(12)18)21(33)26-6-13-15(24)2-11(23)3-16(13)25/h2-3,6,9,12,32H,4-5,7-8H2,1H3,(H,26,33);2-3,5,9,12,32H,4,6-8H2,1H3,(H,26,33)/t2*12-/m00/s1. The summed E-state index contributed by atoms with van der Waals surface area (Å²) in [5.74, 6) is -11.9. The largest absolute Gasteiger partial charge is 0.503 e. The molecule has 0 radical (unpaired) electrons. The molecule has 0 unspecified atom stereocenters. The van der Waals surface area contributed by atoms with Crippen molar-refractivity contribution >= 4 is 23.6 Å². The van der Waals surface area contributed by atoms with Crippen LogP contribution in [-0.4, -0.2) is 85.4 Å². The van der Waals surface area contributed by atoms with Gasteiger partial charge >= 0.3 is 0 Å². The summed E-state index contributed by atoms with van der Waals surface area (Å²) in [6.07, 6.45) is 6.61. The summed E-state index contributed by atoms with van der Waals surface area (Å²) in [4.78, 5) is 80.0. The molecule has 0 saturated heterocycles. The average Bonchev–Trinajstić information content (AvgIpc) is 3.67. The number of fused-ring (bicyclic) bond motifs is 10.